The summed E-state index contributed by atoms with van der Waals surface area (Å²) >= 11 is 0. The molecule has 3 aliphatic rings. The van der Waals surface area contributed by atoms with Crippen LogP contribution in [-0.4, -0.2) is 46.8 Å². The number of halogens is 1. The van der Waals surface area contributed by atoms with E-state index in [9.17, 15) is 14.3 Å². The van der Waals surface area contributed by atoms with Gasteiger partial charge in [-0.2, -0.15) is 5.10 Å². The quantitative estimate of drug-likeness (QED) is 0.277. The first kappa shape index (κ1) is 23.6. The van der Waals surface area contributed by atoms with Crippen molar-refractivity contribution in [3.05, 3.63) is 54.6 Å². The van der Waals surface area contributed by atoms with Gasteiger partial charge in [0.25, 0.3) is 0 Å². The molecule has 3 aliphatic carbocycles. The number of nitrogens with one attached hydrogen (secondary N) is 2. The Morgan fingerprint density at radius 2 is 1.92 bits per heavy atom. The number of carboxylic acid groups (broad SMARTS) is 1. The Morgan fingerprint density at radius 1 is 1.13 bits per heavy atom. The maximum Gasteiger partial charge on any atom is 0.308 e. The monoisotopic (exact) mass is 527 g/mol. The fourth-order valence-corrected chi connectivity index (χ4v) is 6.32. The van der Waals surface area contributed by atoms with Crippen molar-refractivity contribution in [3.63, 3.8) is 0 Å². The van der Waals surface area contributed by atoms with E-state index >= 15 is 0 Å². The molecule has 5 aromatic heterocycles. The summed E-state index contributed by atoms with van der Waals surface area (Å²) in [6.07, 6.45) is 6.90. The zero-order valence-electron chi connectivity index (χ0n) is 21.1. The largest absolute Gasteiger partial charge is 0.481 e. The number of anilines is 1. The summed E-state index contributed by atoms with van der Waals surface area (Å²) in [5.41, 5.74) is 2.17. The van der Waals surface area contributed by atoms with Crippen LogP contribution in [0.25, 0.3) is 45.5 Å². The van der Waals surface area contributed by atoms with Crippen molar-refractivity contribution in [1.29, 1.82) is 0 Å². The Bertz CT molecular complexity index is 1700. The van der Waals surface area contributed by atoms with Crippen LogP contribution in [0.2, 0.25) is 0 Å². The molecular weight excluding hydrogens is 501 g/mol. The maximum absolute atomic E-state index is 14.1. The average Bonchev–Trinajstić information content (AvgIpc) is 3.68. The minimum atomic E-state index is -0.782. The third kappa shape index (κ3) is 4.05. The summed E-state index contributed by atoms with van der Waals surface area (Å²) in [5, 5.41) is 21.1. The number of H-pyrrole nitrogens is 1. The molecule has 10 nitrogen and oxygen atoms in total. The summed E-state index contributed by atoms with van der Waals surface area (Å²) in [5.74, 6) is 0.574. The lowest BCUT2D eigenvalue weighted by Gasteiger charge is -2.47. The Labute approximate surface area is 222 Å². The zero-order chi connectivity index (χ0) is 26.7. The first-order valence-corrected chi connectivity index (χ1v) is 13.0. The van der Waals surface area contributed by atoms with Crippen LogP contribution >= 0.6 is 0 Å². The van der Waals surface area contributed by atoms with Crippen molar-refractivity contribution in [2.75, 3.05) is 5.32 Å². The van der Waals surface area contributed by atoms with Crippen molar-refractivity contribution in [2.24, 2.45) is 24.8 Å². The lowest BCUT2D eigenvalue weighted by molar-refractivity contribution is -0.148. The molecule has 5 heterocycles. The molecule has 3 fully saturated rings. The Morgan fingerprint density at radius 3 is 2.69 bits per heavy atom. The highest BCUT2D eigenvalue weighted by molar-refractivity contribution is 5.89. The number of hydrogen-bond acceptors (Lipinski definition) is 7. The lowest BCUT2D eigenvalue weighted by atomic mass is 9.61. The minimum absolute atomic E-state index is 0.147. The van der Waals surface area contributed by atoms with E-state index in [0.29, 0.717) is 39.8 Å². The molecular formula is C28H26FN7O3. The van der Waals surface area contributed by atoms with Crippen molar-refractivity contribution in [3.8, 4) is 34.4 Å². The molecule has 5 aromatic rings. The lowest BCUT2D eigenvalue weighted by Crippen LogP contribution is -2.51. The molecule has 0 radical (unpaired) electrons. The number of rotatable bonds is 6. The number of aliphatic carboxylic acids is 1. The van der Waals surface area contributed by atoms with Crippen LogP contribution in [0.3, 0.4) is 0 Å². The van der Waals surface area contributed by atoms with E-state index in [4.69, 9.17) is 14.4 Å². The molecule has 11 heteroatoms. The predicted octanol–water partition coefficient (Wildman–Crippen LogP) is 5.12. The second-order valence-electron chi connectivity index (χ2n) is 10.5. The molecule has 0 unspecified atom stereocenters. The molecule has 0 aromatic carbocycles. The highest BCUT2D eigenvalue weighted by Crippen LogP contribution is 2.46. The van der Waals surface area contributed by atoms with Crippen LogP contribution in [0.4, 0.5) is 10.2 Å². The van der Waals surface area contributed by atoms with Crippen LogP contribution in [0.5, 0.6) is 0 Å². The molecule has 0 saturated heterocycles. The standard InChI is InChI=1S/C28H26FN7O3/c1-36-10-2-3-19(36)21-9-8-20(39-21)18-12-22(32-24-15-6-4-14(5-7-15)23(24)28(37)38)33-27(31-18)25-17-11-16(29)13-30-26(17)35-34-25/h2-3,8-15,23-24H,4-7H2,1H3,(H,37,38)(H,30,34,35)(H,31,32,33)/t14?,15?,23-,24-/m0/s1. The van der Waals surface area contributed by atoms with Crippen molar-refractivity contribution in [2.45, 2.75) is 31.7 Å². The van der Waals surface area contributed by atoms with E-state index in [2.05, 4.69) is 20.5 Å². The van der Waals surface area contributed by atoms with Crippen molar-refractivity contribution in [1.82, 2.24) is 29.7 Å². The van der Waals surface area contributed by atoms with Gasteiger partial charge in [-0.25, -0.2) is 19.3 Å². The van der Waals surface area contributed by atoms with Crippen LogP contribution in [0.15, 0.2) is 53.2 Å². The molecule has 2 bridgehead atoms. The Balaban J connectivity index is 1.33. The number of carbonyl (C=O) groups is 1. The van der Waals surface area contributed by atoms with Gasteiger partial charge in [0, 0.05) is 25.4 Å². The van der Waals surface area contributed by atoms with Crippen molar-refractivity contribution >= 4 is 22.8 Å². The van der Waals surface area contributed by atoms with Crippen LogP contribution in [0, 0.1) is 23.6 Å². The van der Waals surface area contributed by atoms with Crippen LogP contribution < -0.4 is 5.32 Å². The molecule has 0 aliphatic heterocycles. The second-order valence-corrected chi connectivity index (χ2v) is 10.5. The molecule has 2 atom stereocenters. The predicted molar refractivity (Wildman–Crippen MR) is 141 cm³/mol. The van der Waals surface area contributed by atoms with Gasteiger partial charge in [0.15, 0.2) is 23.0 Å². The van der Waals surface area contributed by atoms with Crippen LogP contribution in [0.1, 0.15) is 25.7 Å². The van der Waals surface area contributed by atoms with Gasteiger partial charge in [-0.05, 0) is 67.9 Å². The van der Waals surface area contributed by atoms with E-state index in [1.807, 2.05) is 42.1 Å². The minimum Gasteiger partial charge on any atom is -0.481 e. The number of hydrogen-bond donors (Lipinski definition) is 3. The highest BCUT2D eigenvalue weighted by atomic mass is 19.1. The van der Waals surface area contributed by atoms with Gasteiger partial charge < -0.3 is 19.4 Å². The third-order valence-electron chi connectivity index (χ3n) is 8.20. The summed E-state index contributed by atoms with van der Waals surface area (Å²) in [6, 6.07) is 10.5. The van der Waals surface area contributed by atoms with Gasteiger partial charge in [-0.3, -0.25) is 9.89 Å². The number of nitrogens with zero attached hydrogens (tertiary/aromatic N) is 5. The summed E-state index contributed by atoms with van der Waals surface area (Å²) in [7, 11) is 1.94. The number of carboxylic acids is 1. The van der Waals surface area contributed by atoms with Gasteiger partial charge in [0.05, 0.1) is 23.2 Å². The molecule has 39 heavy (non-hydrogen) atoms. The number of fused-ring (bicyclic) bond motifs is 4. The summed E-state index contributed by atoms with van der Waals surface area (Å²) in [4.78, 5) is 25.8. The molecule has 3 N–H and O–H groups in total. The maximum atomic E-state index is 14.1. The van der Waals surface area contributed by atoms with Gasteiger partial charge in [0.2, 0.25) is 0 Å². The second kappa shape index (κ2) is 9.04. The summed E-state index contributed by atoms with van der Waals surface area (Å²) in [6.45, 7) is 0. The van der Waals surface area contributed by atoms with E-state index in [1.165, 1.54) is 6.07 Å². The van der Waals surface area contributed by atoms with Gasteiger partial charge in [-0.15, -0.1) is 0 Å². The van der Waals surface area contributed by atoms with Gasteiger partial charge in [-0.1, -0.05) is 0 Å². The topological polar surface area (TPSA) is 135 Å². The van der Waals surface area contributed by atoms with Gasteiger partial charge in [0.1, 0.15) is 23.0 Å². The third-order valence-corrected chi connectivity index (χ3v) is 8.20. The number of aromatic nitrogens is 6. The SMILES string of the molecule is Cn1cccc1-c1ccc(-c2cc(N[C@H]3C4CCC(CC4)[C@@H]3C(=O)O)nc(-c3[nH]nc4ncc(F)cc34)n2)o1. The molecule has 3 saturated carbocycles. The number of aromatic amines is 1. The number of pyridine rings is 1. The fraction of sp³-hybridized carbons (Fsp3) is 0.321. The summed E-state index contributed by atoms with van der Waals surface area (Å²) < 4.78 is 22.2. The van der Waals surface area contributed by atoms with E-state index in [0.717, 1.165) is 37.6 Å². The van der Waals surface area contributed by atoms with Crippen LogP contribution in [-0.2, 0) is 11.8 Å². The number of aryl methyl sites for hydroxylation is 1. The molecule has 0 spiro atoms. The smallest absolute Gasteiger partial charge is 0.308 e. The highest BCUT2D eigenvalue weighted by Gasteiger charge is 2.47. The van der Waals surface area contributed by atoms with Gasteiger partial charge >= 0.3 is 5.97 Å². The Hall–Kier alpha value is -4.54. The molecule has 198 valence electrons. The zero-order valence-corrected chi connectivity index (χ0v) is 21.1. The normalized spacial score (nSPS) is 22.4. The van der Waals surface area contributed by atoms with E-state index in [1.54, 1.807) is 6.07 Å². The fourth-order valence-electron chi connectivity index (χ4n) is 6.32. The van der Waals surface area contributed by atoms with E-state index < -0.39 is 17.7 Å². The van der Waals surface area contributed by atoms with Crippen molar-refractivity contribution < 1.29 is 18.7 Å². The molecule has 8 rings (SSSR count). The van der Waals surface area contributed by atoms with E-state index in [-0.39, 0.29) is 23.7 Å². The first-order chi connectivity index (χ1) is 18.9. The molecule has 0 amide bonds. The Kier molecular flexibility index (Phi) is 5.46. The average molecular weight is 528 g/mol. The first-order valence-electron chi connectivity index (χ1n) is 13.0. The number of furan rings is 1.